The lowest BCUT2D eigenvalue weighted by molar-refractivity contribution is 0.966. The fourth-order valence-corrected chi connectivity index (χ4v) is 2.50. The summed E-state index contributed by atoms with van der Waals surface area (Å²) in [5.41, 5.74) is 12.6. The minimum atomic E-state index is 0.590. The summed E-state index contributed by atoms with van der Waals surface area (Å²) in [5, 5.41) is 0. The van der Waals surface area contributed by atoms with Crippen LogP contribution in [0.1, 0.15) is 23.1 Å². The molecular weight excluding hydrogens is 254 g/mol. The van der Waals surface area contributed by atoms with E-state index in [1.54, 1.807) is 12.2 Å². The minimum absolute atomic E-state index is 0.590. The molecule has 1 nitrogen and oxygen atoms in total. The van der Waals surface area contributed by atoms with E-state index >= 15 is 0 Å². The van der Waals surface area contributed by atoms with Crippen LogP contribution in [0, 0.1) is 13.8 Å². The molecule has 0 saturated heterocycles. The zero-order chi connectivity index (χ0) is 15.8. The first-order chi connectivity index (χ1) is 10.1. The van der Waals surface area contributed by atoms with Crippen molar-refractivity contribution in [2.24, 2.45) is 5.73 Å². The quantitative estimate of drug-likeness (QED) is 0.706. The Hall–Kier alpha value is -2.12. The maximum Gasteiger partial charge on any atom is -0.00365 e. The third kappa shape index (κ3) is 4.17. The van der Waals surface area contributed by atoms with Crippen molar-refractivity contribution in [3.8, 4) is 0 Å². The monoisotopic (exact) mass is 279 g/mol. The summed E-state index contributed by atoms with van der Waals surface area (Å²) in [5.74, 6) is 0. The lowest BCUT2D eigenvalue weighted by Crippen LogP contribution is -2.04. The van der Waals surface area contributed by atoms with Gasteiger partial charge in [-0.25, -0.2) is 0 Å². The molecule has 0 amide bonds. The van der Waals surface area contributed by atoms with Gasteiger partial charge in [0.05, 0.1) is 0 Å². The van der Waals surface area contributed by atoms with E-state index in [0.717, 1.165) is 23.1 Å². The number of hydrogen-bond donors (Lipinski definition) is 1. The minimum Gasteiger partial charge on any atom is -0.330 e. The Morgan fingerprint density at radius 1 is 1.10 bits per heavy atom. The van der Waals surface area contributed by atoms with E-state index in [1.165, 1.54) is 16.7 Å². The van der Waals surface area contributed by atoms with Crippen molar-refractivity contribution in [3.63, 3.8) is 0 Å². The van der Waals surface area contributed by atoms with E-state index in [0.29, 0.717) is 6.54 Å². The molecule has 0 saturated carbocycles. The molecule has 0 aliphatic carbocycles. The van der Waals surface area contributed by atoms with Crippen LogP contribution >= 0.6 is 0 Å². The first-order valence-corrected chi connectivity index (χ1v) is 7.17. The number of nitrogens with two attached hydrogens (primary N) is 1. The Morgan fingerprint density at radius 2 is 1.67 bits per heavy atom. The van der Waals surface area contributed by atoms with Crippen LogP contribution in [0.25, 0.3) is 5.57 Å². The van der Waals surface area contributed by atoms with Crippen LogP contribution in [0.2, 0.25) is 0 Å². The van der Waals surface area contributed by atoms with Gasteiger partial charge < -0.3 is 5.73 Å². The summed E-state index contributed by atoms with van der Waals surface area (Å²) < 4.78 is 0. The molecule has 0 aliphatic rings. The summed E-state index contributed by atoms with van der Waals surface area (Å²) in [4.78, 5) is 0. The van der Waals surface area contributed by atoms with Crippen molar-refractivity contribution in [2.75, 3.05) is 6.54 Å². The average molecular weight is 279 g/mol. The zero-order valence-electron chi connectivity index (χ0n) is 13.2. The Bertz CT molecular complexity index is 580. The maximum atomic E-state index is 5.71. The second-order valence-corrected chi connectivity index (χ2v) is 5.03. The van der Waals surface area contributed by atoms with Gasteiger partial charge in [0.1, 0.15) is 0 Å². The lowest BCUT2D eigenvalue weighted by Gasteiger charge is -2.18. The zero-order valence-corrected chi connectivity index (χ0v) is 13.2. The molecule has 0 aliphatic heterocycles. The molecule has 2 N–H and O–H groups in total. The molecule has 0 radical (unpaired) electrons. The molecule has 0 unspecified atom stereocenters. The van der Waals surface area contributed by atoms with Crippen molar-refractivity contribution < 1.29 is 0 Å². The molecule has 0 heterocycles. The summed E-state index contributed by atoms with van der Waals surface area (Å²) in [6.45, 7) is 16.7. The van der Waals surface area contributed by atoms with Crippen molar-refractivity contribution in [3.05, 3.63) is 90.1 Å². The number of rotatable bonds is 7. The van der Waals surface area contributed by atoms with Gasteiger partial charge in [-0.2, -0.15) is 0 Å². The van der Waals surface area contributed by atoms with E-state index in [1.807, 2.05) is 12.2 Å². The Balaban J connectivity index is 3.41. The van der Waals surface area contributed by atoms with Crippen molar-refractivity contribution in [2.45, 2.75) is 20.3 Å². The molecule has 1 aromatic rings. The highest BCUT2D eigenvalue weighted by Crippen LogP contribution is 2.32. The summed E-state index contributed by atoms with van der Waals surface area (Å²) >= 11 is 0. The molecule has 21 heavy (non-hydrogen) atoms. The molecule has 0 aromatic heterocycles. The van der Waals surface area contributed by atoms with Gasteiger partial charge >= 0.3 is 0 Å². The molecule has 110 valence electrons. The molecule has 1 rings (SSSR count). The van der Waals surface area contributed by atoms with E-state index in [2.05, 4.69) is 51.8 Å². The van der Waals surface area contributed by atoms with E-state index in [9.17, 15) is 0 Å². The van der Waals surface area contributed by atoms with Crippen molar-refractivity contribution >= 4 is 5.57 Å². The largest absolute Gasteiger partial charge is 0.330 e. The second-order valence-electron chi connectivity index (χ2n) is 5.03. The van der Waals surface area contributed by atoms with Gasteiger partial charge in [0.15, 0.2) is 0 Å². The van der Waals surface area contributed by atoms with Crippen LogP contribution < -0.4 is 5.73 Å². The molecular formula is C20H25N. The van der Waals surface area contributed by atoms with Crippen LogP contribution in [0.4, 0.5) is 0 Å². The van der Waals surface area contributed by atoms with Crippen LogP contribution in [-0.4, -0.2) is 6.54 Å². The van der Waals surface area contributed by atoms with Crippen molar-refractivity contribution in [1.29, 1.82) is 0 Å². The van der Waals surface area contributed by atoms with Crippen LogP contribution in [0.3, 0.4) is 0 Å². The molecule has 0 bridgehead atoms. The lowest BCUT2D eigenvalue weighted by atomic mass is 9.86. The summed E-state index contributed by atoms with van der Waals surface area (Å²) in [6.07, 6.45) is 8.38. The fraction of sp³-hybridized carbons (Fsp3) is 0.200. The predicted octanol–water partition coefficient (Wildman–Crippen LogP) is 4.89. The summed E-state index contributed by atoms with van der Waals surface area (Å²) in [7, 11) is 0. The number of allylic oxidation sites excluding steroid dienone is 6. The number of aryl methyl sites for hydroxylation is 2. The molecule has 0 fully saturated rings. The Labute approximate surface area is 128 Å². The van der Waals surface area contributed by atoms with Crippen LogP contribution in [0.5, 0.6) is 0 Å². The Kier molecular flexibility index (Phi) is 6.64. The SMILES string of the molecule is C=C/C=C(\CCN)C(=C)/C(=C\C=C)c1c(C)cccc1C. The highest BCUT2D eigenvalue weighted by molar-refractivity contribution is 5.86. The summed E-state index contributed by atoms with van der Waals surface area (Å²) in [6, 6.07) is 6.31. The predicted molar refractivity (Wildman–Crippen MR) is 95.2 cm³/mol. The normalized spacial score (nSPS) is 12.1. The highest BCUT2D eigenvalue weighted by atomic mass is 14.5. The third-order valence-electron chi connectivity index (χ3n) is 3.48. The van der Waals surface area contributed by atoms with Gasteiger partial charge in [0.25, 0.3) is 0 Å². The number of hydrogen-bond acceptors (Lipinski definition) is 1. The highest BCUT2D eigenvalue weighted by Gasteiger charge is 2.13. The maximum absolute atomic E-state index is 5.71. The van der Waals surface area contributed by atoms with E-state index in [-0.39, 0.29) is 0 Å². The molecule has 0 atom stereocenters. The first kappa shape index (κ1) is 16.9. The first-order valence-electron chi connectivity index (χ1n) is 7.17. The topological polar surface area (TPSA) is 26.0 Å². The second kappa shape index (κ2) is 8.23. The standard InChI is InChI=1S/C20H25N/c1-6-9-18(13-14-21)17(5)19(10-7-2)20-15(3)11-8-12-16(20)4/h6-12H,1-2,5,13-14,21H2,3-4H3/b18-9+,19-10+. The van der Waals surface area contributed by atoms with Gasteiger partial charge in [0, 0.05) is 0 Å². The van der Waals surface area contributed by atoms with Gasteiger partial charge in [-0.3, -0.25) is 0 Å². The average Bonchev–Trinajstić information content (AvgIpc) is 2.45. The number of benzene rings is 1. The Morgan fingerprint density at radius 3 is 2.14 bits per heavy atom. The van der Waals surface area contributed by atoms with Crippen LogP contribution in [-0.2, 0) is 0 Å². The fourth-order valence-electron chi connectivity index (χ4n) is 2.50. The van der Waals surface area contributed by atoms with Gasteiger partial charge in [0.2, 0.25) is 0 Å². The molecule has 1 aromatic carbocycles. The molecule has 0 spiro atoms. The smallest absolute Gasteiger partial charge is 0.00365 e. The van der Waals surface area contributed by atoms with Crippen LogP contribution in [0.15, 0.2) is 73.4 Å². The van der Waals surface area contributed by atoms with E-state index in [4.69, 9.17) is 5.73 Å². The van der Waals surface area contributed by atoms with Crippen molar-refractivity contribution in [1.82, 2.24) is 0 Å². The third-order valence-corrected chi connectivity index (χ3v) is 3.48. The van der Waals surface area contributed by atoms with Gasteiger partial charge in [-0.05, 0) is 60.2 Å². The van der Waals surface area contributed by atoms with Gasteiger partial charge in [-0.1, -0.05) is 62.2 Å². The van der Waals surface area contributed by atoms with Gasteiger partial charge in [-0.15, -0.1) is 0 Å². The molecule has 1 heteroatoms. The van der Waals surface area contributed by atoms with E-state index < -0.39 is 0 Å².